The fourth-order valence-electron chi connectivity index (χ4n) is 4.78. The highest BCUT2D eigenvalue weighted by Gasteiger charge is 2.17. The number of carbonyl (C=O) groups is 3. The first kappa shape index (κ1) is 42.6. The predicted molar refractivity (Wildman–Crippen MR) is 203 cm³/mol. The number of aliphatic hydroxyl groups is 1. The van der Waals surface area contributed by atoms with E-state index in [4.69, 9.17) is 5.11 Å². The summed E-state index contributed by atoms with van der Waals surface area (Å²) in [6, 6.07) is 7.50. The number of rotatable bonds is 26. The Morgan fingerprint density at radius 2 is 1.59 bits per heavy atom. The summed E-state index contributed by atoms with van der Waals surface area (Å²) in [5, 5.41) is 42.6. The first-order chi connectivity index (χ1) is 24.3. The standard InChI is InChI=1S/C34H55N10O6P/c1-23(44(5)22-30(48)51-6)20-25-14-16-26(17-15-25)39-33-40-32(41-34(42-33)43(3)4)36-19-10-7-8-13-28(45)35-18-11-9-12-27(31(49)50)38-24(2)37-21-29(46)47/h14-17,23,27,37-38,48H,2,7-13,18-22H2,1,3-6H3,(H,35,45)(H,46,47)(H,49,50)(H2,36,39,40,41,42). The molecular weight excluding hydrogens is 675 g/mol. The van der Waals surface area contributed by atoms with Crippen molar-refractivity contribution in [2.45, 2.75) is 70.4 Å². The monoisotopic (exact) mass is 730 g/mol. The molecule has 0 aliphatic rings. The van der Waals surface area contributed by atoms with Crippen molar-refractivity contribution in [3.8, 4) is 0 Å². The highest BCUT2D eigenvalue weighted by molar-refractivity contribution is 7.39. The fourth-order valence-corrected chi connectivity index (χ4v) is 5.14. The van der Waals surface area contributed by atoms with Gasteiger partial charge in [-0.15, -0.1) is 0 Å². The SMILES string of the molecule is C=C(NCC(=O)O)NC(CCCCNC(=O)CCCCCNc1nc(Nc2ccc(CC(C)N(C)C/C(O)=P\C)cc2)nc(N(C)C)n1)C(=O)O. The number of amides is 1. The van der Waals surface area contributed by atoms with Gasteiger partial charge in [0.15, 0.2) is 0 Å². The number of hydrogen-bond acceptors (Lipinski definition) is 12. The topological polar surface area (TPSA) is 217 Å². The normalized spacial score (nSPS) is 12.5. The molecule has 2 aromatic rings. The van der Waals surface area contributed by atoms with Crippen LogP contribution in [-0.4, -0.2) is 125 Å². The maximum Gasteiger partial charge on any atom is 0.326 e. The molecule has 282 valence electrons. The van der Waals surface area contributed by atoms with Crippen LogP contribution in [0.25, 0.3) is 0 Å². The number of unbranched alkanes of at least 4 members (excludes halogenated alkanes) is 3. The van der Waals surface area contributed by atoms with Gasteiger partial charge in [-0.05, 0) is 76.9 Å². The lowest BCUT2D eigenvalue weighted by molar-refractivity contribution is -0.139. The Labute approximate surface area is 302 Å². The highest BCUT2D eigenvalue weighted by atomic mass is 31.1. The molecule has 0 aliphatic heterocycles. The number of benzene rings is 1. The van der Waals surface area contributed by atoms with Crippen molar-refractivity contribution in [1.82, 2.24) is 35.8 Å². The molecule has 0 bridgehead atoms. The largest absolute Gasteiger partial charge is 0.480 e. The predicted octanol–water partition coefficient (Wildman–Crippen LogP) is 3.07. The van der Waals surface area contributed by atoms with Gasteiger partial charge in [0.2, 0.25) is 23.8 Å². The summed E-state index contributed by atoms with van der Waals surface area (Å²) < 4.78 is 0. The van der Waals surface area contributed by atoms with E-state index in [-0.39, 0.29) is 24.3 Å². The van der Waals surface area contributed by atoms with E-state index in [1.807, 2.05) is 44.8 Å². The second-order valence-electron chi connectivity index (χ2n) is 12.5. The van der Waals surface area contributed by atoms with Gasteiger partial charge in [-0.1, -0.05) is 33.3 Å². The minimum absolute atomic E-state index is 0.0496. The van der Waals surface area contributed by atoms with Gasteiger partial charge >= 0.3 is 11.9 Å². The number of nitrogens with one attached hydrogen (secondary N) is 5. The third-order valence-corrected chi connectivity index (χ3v) is 8.53. The number of aliphatic carboxylic acids is 2. The summed E-state index contributed by atoms with van der Waals surface area (Å²) >= 11 is 0. The quantitative estimate of drug-likeness (QED) is 0.0516. The van der Waals surface area contributed by atoms with Crippen LogP contribution < -0.4 is 31.5 Å². The Bertz CT molecular complexity index is 1440. The number of aromatic nitrogens is 3. The molecule has 1 heterocycles. The van der Waals surface area contributed by atoms with E-state index in [1.54, 1.807) is 0 Å². The van der Waals surface area contributed by atoms with Crippen LogP contribution in [0.5, 0.6) is 0 Å². The molecule has 0 radical (unpaired) electrons. The lowest BCUT2D eigenvalue weighted by Crippen LogP contribution is -2.41. The van der Waals surface area contributed by atoms with E-state index in [9.17, 15) is 24.6 Å². The van der Waals surface area contributed by atoms with Crippen molar-refractivity contribution in [2.24, 2.45) is 0 Å². The Morgan fingerprint density at radius 1 is 0.902 bits per heavy atom. The maximum absolute atomic E-state index is 12.3. The van der Waals surface area contributed by atoms with E-state index < -0.39 is 18.0 Å². The summed E-state index contributed by atoms with van der Waals surface area (Å²) in [5.41, 5.74) is 2.50. The van der Waals surface area contributed by atoms with Crippen LogP contribution in [0.4, 0.5) is 23.5 Å². The summed E-state index contributed by atoms with van der Waals surface area (Å²) in [6.45, 7) is 8.92. The van der Waals surface area contributed by atoms with E-state index in [0.29, 0.717) is 68.6 Å². The summed E-state index contributed by atoms with van der Waals surface area (Å²) in [6.07, 6.45) is 5.10. The summed E-state index contributed by atoms with van der Waals surface area (Å²) in [7, 11) is 6.63. The van der Waals surface area contributed by atoms with E-state index in [1.165, 1.54) is 5.56 Å². The first-order valence-electron chi connectivity index (χ1n) is 17.1. The number of likely N-dealkylation sites (N-methyl/N-ethyl adjacent to an activating group) is 1. The van der Waals surface area contributed by atoms with Gasteiger partial charge in [-0.25, -0.2) is 4.79 Å². The number of anilines is 4. The molecule has 51 heavy (non-hydrogen) atoms. The molecule has 2 atom stereocenters. The second-order valence-corrected chi connectivity index (χ2v) is 13.4. The van der Waals surface area contributed by atoms with E-state index in [2.05, 4.69) is 72.1 Å². The van der Waals surface area contributed by atoms with Gasteiger partial charge < -0.3 is 46.8 Å². The van der Waals surface area contributed by atoms with Crippen molar-refractivity contribution in [3.05, 3.63) is 42.2 Å². The molecule has 0 saturated heterocycles. The smallest absolute Gasteiger partial charge is 0.326 e. The molecule has 0 saturated carbocycles. The lowest BCUT2D eigenvalue weighted by Gasteiger charge is -2.24. The zero-order chi connectivity index (χ0) is 37.8. The molecule has 0 spiro atoms. The number of hydrogen-bond donors (Lipinski definition) is 8. The molecule has 2 unspecified atom stereocenters. The van der Waals surface area contributed by atoms with Gasteiger partial charge in [0.1, 0.15) is 12.6 Å². The zero-order valence-corrected chi connectivity index (χ0v) is 31.3. The molecule has 0 aliphatic carbocycles. The van der Waals surface area contributed by atoms with E-state index >= 15 is 0 Å². The number of carboxylic acid groups (broad SMARTS) is 2. The first-order valence-corrected chi connectivity index (χ1v) is 18.4. The van der Waals surface area contributed by atoms with Gasteiger partial charge in [-0.2, -0.15) is 15.0 Å². The molecule has 2 rings (SSSR count). The van der Waals surface area contributed by atoms with Gasteiger partial charge in [0.25, 0.3) is 0 Å². The second kappa shape index (κ2) is 23.0. The van der Waals surface area contributed by atoms with Gasteiger partial charge in [-0.3, -0.25) is 14.5 Å². The Balaban J connectivity index is 1.71. The highest BCUT2D eigenvalue weighted by Crippen LogP contribution is 2.19. The minimum atomic E-state index is -1.08. The van der Waals surface area contributed by atoms with Crippen LogP contribution in [-0.2, 0) is 20.8 Å². The van der Waals surface area contributed by atoms with Crippen molar-refractivity contribution < 1.29 is 29.7 Å². The van der Waals surface area contributed by atoms with Crippen LogP contribution in [0, 0.1) is 0 Å². The van der Waals surface area contributed by atoms with Crippen LogP contribution >= 0.6 is 8.20 Å². The Hall–Kier alpha value is -4.53. The molecule has 1 amide bonds. The van der Waals surface area contributed by atoms with Crippen LogP contribution in [0.15, 0.2) is 36.7 Å². The van der Waals surface area contributed by atoms with Crippen molar-refractivity contribution in [2.75, 3.05) is 69.5 Å². The maximum atomic E-state index is 12.3. The Kier molecular flexibility index (Phi) is 19.3. The third kappa shape index (κ3) is 17.8. The molecule has 16 nitrogen and oxygen atoms in total. The van der Waals surface area contributed by atoms with Gasteiger partial charge in [0, 0.05) is 51.9 Å². The Morgan fingerprint density at radius 3 is 2.24 bits per heavy atom. The molecule has 1 aromatic heterocycles. The fraction of sp³-hybridized carbons (Fsp3) is 0.559. The van der Waals surface area contributed by atoms with Gasteiger partial charge in [0.05, 0.1) is 11.3 Å². The number of aliphatic hydroxyl groups excluding tert-OH is 1. The lowest BCUT2D eigenvalue weighted by atomic mass is 10.1. The molecule has 17 heteroatoms. The third-order valence-electron chi connectivity index (χ3n) is 7.87. The molecule has 1 aromatic carbocycles. The molecular formula is C34H55N10O6P. The summed E-state index contributed by atoms with van der Waals surface area (Å²) in [4.78, 5) is 51.9. The molecule has 8 N–H and O–H groups in total. The zero-order valence-electron chi connectivity index (χ0n) is 30.4. The summed E-state index contributed by atoms with van der Waals surface area (Å²) in [5.74, 6) is -0.665. The average molecular weight is 731 g/mol. The van der Waals surface area contributed by atoms with Crippen molar-refractivity contribution in [1.29, 1.82) is 0 Å². The minimum Gasteiger partial charge on any atom is -0.480 e. The number of carbonyl (C=O) groups excluding carboxylic acids is 1. The van der Waals surface area contributed by atoms with Crippen LogP contribution in [0.3, 0.4) is 0 Å². The van der Waals surface area contributed by atoms with Crippen LogP contribution in [0.2, 0.25) is 0 Å². The van der Waals surface area contributed by atoms with Crippen molar-refractivity contribution in [3.63, 3.8) is 0 Å². The molecule has 0 fully saturated rings. The van der Waals surface area contributed by atoms with Crippen molar-refractivity contribution >= 4 is 55.1 Å². The number of carboxylic acids is 2. The van der Waals surface area contributed by atoms with E-state index in [0.717, 1.165) is 39.6 Å². The number of nitrogens with zero attached hydrogens (tertiary/aromatic N) is 5. The van der Waals surface area contributed by atoms with Crippen LogP contribution in [0.1, 0.15) is 57.4 Å². The average Bonchev–Trinajstić information content (AvgIpc) is 3.08.